The van der Waals surface area contributed by atoms with Gasteiger partial charge in [-0.15, -0.1) is 10.2 Å². The Kier molecular flexibility index (Phi) is 5.41. The Morgan fingerprint density at radius 3 is 2.44 bits per heavy atom. The van der Waals surface area contributed by atoms with E-state index in [9.17, 15) is 9.59 Å². The van der Waals surface area contributed by atoms with E-state index in [4.69, 9.17) is 9.26 Å². The van der Waals surface area contributed by atoms with E-state index >= 15 is 0 Å². The minimum Gasteiger partial charge on any atom is -0.462 e. The summed E-state index contributed by atoms with van der Waals surface area (Å²) in [5.41, 5.74) is 1.31. The molecule has 1 aromatic carbocycles. The molecular formula is C18H17N5O4. The second-order valence-corrected chi connectivity index (χ2v) is 5.50. The minimum absolute atomic E-state index is 0.138. The number of ether oxygens (including phenoxy) is 1. The number of carbonyl (C=O) groups excluding carboxylic acids is 2. The Morgan fingerprint density at radius 2 is 1.85 bits per heavy atom. The number of hydrogen-bond donors (Lipinski definition) is 2. The summed E-state index contributed by atoms with van der Waals surface area (Å²) in [6, 6.07) is 11.5. The van der Waals surface area contributed by atoms with Crippen LogP contribution in [0.5, 0.6) is 0 Å². The molecule has 27 heavy (non-hydrogen) atoms. The van der Waals surface area contributed by atoms with Crippen LogP contribution in [0.15, 0.2) is 47.0 Å². The molecule has 3 aromatic rings. The number of anilines is 3. The van der Waals surface area contributed by atoms with Crippen molar-refractivity contribution in [3.05, 3.63) is 59.5 Å². The van der Waals surface area contributed by atoms with E-state index in [1.165, 1.54) is 6.07 Å². The molecule has 2 aromatic heterocycles. The molecule has 2 heterocycles. The van der Waals surface area contributed by atoms with Gasteiger partial charge in [0.25, 0.3) is 5.91 Å². The van der Waals surface area contributed by atoms with Crippen LogP contribution in [0.3, 0.4) is 0 Å². The summed E-state index contributed by atoms with van der Waals surface area (Å²) in [5.74, 6) is 0.531. The van der Waals surface area contributed by atoms with Gasteiger partial charge in [0.1, 0.15) is 5.76 Å². The van der Waals surface area contributed by atoms with Gasteiger partial charge in [0.05, 0.1) is 12.2 Å². The van der Waals surface area contributed by atoms with Crippen molar-refractivity contribution in [1.82, 2.24) is 15.4 Å². The zero-order chi connectivity index (χ0) is 19.2. The summed E-state index contributed by atoms with van der Waals surface area (Å²) in [6.07, 6.45) is 0. The summed E-state index contributed by atoms with van der Waals surface area (Å²) in [4.78, 5) is 23.7. The van der Waals surface area contributed by atoms with Crippen LogP contribution >= 0.6 is 0 Å². The third-order valence-electron chi connectivity index (χ3n) is 3.44. The third-order valence-corrected chi connectivity index (χ3v) is 3.44. The maximum absolute atomic E-state index is 12.1. The lowest BCUT2D eigenvalue weighted by Crippen LogP contribution is -2.14. The van der Waals surface area contributed by atoms with E-state index in [0.29, 0.717) is 35.3 Å². The predicted molar refractivity (Wildman–Crippen MR) is 96.9 cm³/mol. The van der Waals surface area contributed by atoms with Crippen molar-refractivity contribution in [2.45, 2.75) is 13.8 Å². The van der Waals surface area contributed by atoms with Gasteiger partial charge in [-0.1, -0.05) is 5.16 Å². The number of benzene rings is 1. The fraction of sp³-hybridized carbons (Fsp3) is 0.167. The first kappa shape index (κ1) is 18.1. The molecule has 3 rings (SSSR count). The van der Waals surface area contributed by atoms with Crippen LogP contribution in [0.1, 0.15) is 33.5 Å². The molecule has 1 amide bonds. The van der Waals surface area contributed by atoms with Crippen LogP contribution in [0.25, 0.3) is 0 Å². The number of amides is 1. The smallest absolute Gasteiger partial charge is 0.338 e. The minimum atomic E-state index is -0.443. The first-order valence-electron chi connectivity index (χ1n) is 8.18. The number of rotatable bonds is 6. The number of nitrogens with one attached hydrogen (secondary N) is 2. The zero-order valence-corrected chi connectivity index (χ0v) is 14.7. The Hall–Kier alpha value is -3.75. The number of esters is 1. The Morgan fingerprint density at radius 1 is 1.07 bits per heavy atom. The van der Waals surface area contributed by atoms with Crippen molar-refractivity contribution in [3.63, 3.8) is 0 Å². The van der Waals surface area contributed by atoms with Gasteiger partial charge >= 0.3 is 5.97 Å². The van der Waals surface area contributed by atoms with Crippen molar-refractivity contribution in [1.29, 1.82) is 0 Å². The molecule has 0 saturated heterocycles. The molecule has 9 heteroatoms. The van der Waals surface area contributed by atoms with Crippen molar-refractivity contribution < 1.29 is 18.8 Å². The van der Waals surface area contributed by atoms with E-state index in [0.717, 1.165) is 0 Å². The normalized spacial score (nSPS) is 10.3. The molecule has 0 atom stereocenters. The number of nitrogens with zero attached hydrogens (tertiary/aromatic N) is 3. The van der Waals surface area contributed by atoms with Crippen molar-refractivity contribution in [2.75, 3.05) is 17.2 Å². The molecule has 0 radical (unpaired) electrons. The SMILES string of the molecule is CCOC(=O)c1ccc(Nc2ccc(C(=O)Nc3cc(C)on3)nn2)cc1. The van der Waals surface area contributed by atoms with Gasteiger partial charge in [0.2, 0.25) is 0 Å². The molecule has 9 nitrogen and oxygen atoms in total. The van der Waals surface area contributed by atoms with Gasteiger partial charge < -0.3 is 19.9 Å². The highest BCUT2D eigenvalue weighted by atomic mass is 16.5. The van der Waals surface area contributed by atoms with Crippen LogP contribution < -0.4 is 10.6 Å². The predicted octanol–water partition coefficient (Wildman–Crippen LogP) is 2.95. The van der Waals surface area contributed by atoms with Crippen LogP contribution in [0.2, 0.25) is 0 Å². The highest BCUT2D eigenvalue weighted by molar-refractivity contribution is 6.02. The summed E-state index contributed by atoms with van der Waals surface area (Å²) < 4.78 is 9.82. The lowest BCUT2D eigenvalue weighted by atomic mass is 10.2. The molecule has 0 aliphatic carbocycles. The lowest BCUT2D eigenvalue weighted by molar-refractivity contribution is 0.0526. The number of aryl methyl sites for hydroxylation is 1. The van der Waals surface area contributed by atoms with Gasteiger partial charge in [-0.3, -0.25) is 4.79 Å². The zero-order valence-electron chi connectivity index (χ0n) is 14.7. The first-order chi connectivity index (χ1) is 13.0. The van der Waals surface area contributed by atoms with Crippen molar-refractivity contribution in [2.24, 2.45) is 0 Å². The second-order valence-electron chi connectivity index (χ2n) is 5.50. The molecular weight excluding hydrogens is 350 g/mol. The van der Waals surface area contributed by atoms with Crippen LogP contribution in [0.4, 0.5) is 17.3 Å². The number of aromatic nitrogens is 3. The highest BCUT2D eigenvalue weighted by Gasteiger charge is 2.11. The van der Waals surface area contributed by atoms with Crippen molar-refractivity contribution >= 4 is 29.2 Å². The van der Waals surface area contributed by atoms with Gasteiger partial charge in [-0.25, -0.2) is 4.79 Å². The summed E-state index contributed by atoms with van der Waals surface area (Å²) >= 11 is 0. The van der Waals surface area contributed by atoms with E-state index in [1.807, 2.05) is 0 Å². The second kappa shape index (κ2) is 8.09. The molecule has 138 valence electrons. The summed E-state index contributed by atoms with van der Waals surface area (Å²) in [6.45, 7) is 3.80. The summed E-state index contributed by atoms with van der Waals surface area (Å²) in [5, 5.41) is 17.1. The largest absolute Gasteiger partial charge is 0.462 e. The molecule has 0 spiro atoms. The van der Waals surface area contributed by atoms with Gasteiger partial charge in [0.15, 0.2) is 17.3 Å². The summed E-state index contributed by atoms with van der Waals surface area (Å²) in [7, 11) is 0. The molecule has 0 aliphatic heterocycles. The fourth-order valence-corrected chi connectivity index (χ4v) is 2.18. The quantitative estimate of drug-likeness (QED) is 0.638. The van der Waals surface area contributed by atoms with E-state index < -0.39 is 5.91 Å². The molecule has 0 bridgehead atoms. The topological polar surface area (TPSA) is 119 Å². The van der Waals surface area contributed by atoms with Gasteiger partial charge in [-0.05, 0) is 50.2 Å². The molecule has 0 fully saturated rings. The third kappa shape index (κ3) is 4.66. The molecule has 0 aliphatic rings. The monoisotopic (exact) mass is 367 g/mol. The van der Waals surface area contributed by atoms with Gasteiger partial charge in [0, 0.05) is 11.8 Å². The van der Waals surface area contributed by atoms with E-state index in [2.05, 4.69) is 26.0 Å². The number of hydrogen-bond acceptors (Lipinski definition) is 8. The van der Waals surface area contributed by atoms with E-state index in [1.54, 1.807) is 50.2 Å². The molecule has 2 N–H and O–H groups in total. The van der Waals surface area contributed by atoms with Crippen molar-refractivity contribution in [3.8, 4) is 0 Å². The van der Waals surface area contributed by atoms with Gasteiger partial charge in [-0.2, -0.15) is 0 Å². The molecule has 0 saturated carbocycles. The molecule has 0 unspecified atom stereocenters. The average molecular weight is 367 g/mol. The fourth-order valence-electron chi connectivity index (χ4n) is 2.18. The van der Waals surface area contributed by atoms with Crippen LogP contribution in [-0.2, 0) is 4.74 Å². The van der Waals surface area contributed by atoms with Crippen LogP contribution in [-0.4, -0.2) is 33.8 Å². The standard InChI is InChI=1S/C18H17N5O4/c1-3-26-18(25)12-4-6-13(7-5-12)19-15-9-8-14(21-22-15)17(24)20-16-10-11(2)27-23-16/h4-10H,3H2,1-2H3,(H,19,22)(H,20,23,24). The Bertz CT molecular complexity index is 935. The Labute approximate surface area is 154 Å². The highest BCUT2D eigenvalue weighted by Crippen LogP contribution is 2.16. The average Bonchev–Trinajstić information content (AvgIpc) is 3.08. The lowest BCUT2D eigenvalue weighted by Gasteiger charge is -2.07. The van der Waals surface area contributed by atoms with Crippen LogP contribution in [0, 0.1) is 6.92 Å². The first-order valence-corrected chi connectivity index (χ1v) is 8.18. The number of carbonyl (C=O) groups is 2. The maximum Gasteiger partial charge on any atom is 0.338 e. The Balaban J connectivity index is 1.61. The maximum atomic E-state index is 12.1. The van der Waals surface area contributed by atoms with E-state index in [-0.39, 0.29) is 11.7 Å².